The minimum Gasteiger partial charge on any atom is -0.488 e. The van der Waals surface area contributed by atoms with Crippen LogP contribution in [-0.2, 0) is 11.3 Å². The highest BCUT2D eigenvalue weighted by atomic mass is 19.1. The summed E-state index contributed by atoms with van der Waals surface area (Å²) >= 11 is 0. The lowest BCUT2D eigenvalue weighted by Gasteiger charge is -2.15. The number of H-pyrrole nitrogens is 1. The zero-order valence-electron chi connectivity index (χ0n) is 14.1. The molecule has 2 N–H and O–H groups in total. The monoisotopic (exact) mass is 356 g/mol. The van der Waals surface area contributed by atoms with E-state index in [2.05, 4.69) is 20.5 Å². The zero-order chi connectivity index (χ0) is 18.1. The quantitative estimate of drug-likeness (QED) is 0.646. The van der Waals surface area contributed by atoms with Crippen molar-refractivity contribution in [2.75, 3.05) is 6.54 Å². The van der Waals surface area contributed by atoms with Crippen molar-refractivity contribution in [2.24, 2.45) is 0 Å². The molecule has 1 amide bonds. The van der Waals surface area contributed by atoms with Crippen molar-refractivity contribution in [3.8, 4) is 17.0 Å². The van der Waals surface area contributed by atoms with Gasteiger partial charge in [0.1, 0.15) is 12.3 Å². The molecule has 2 aromatic heterocycles. The third-order valence-electron chi connectivity index (χ3n) is 4.20. The molecule has 0 spiro atoms. The number of rotatable bonds is 0. The van der Waals surface area contributed by atoms with E-state index in [1.165, 1.54) is 6.07 Å². The molecule has 7 nitrogen and oxygen atoms in total. The van der Waals surface area contributed by atoms with Crippen LogP contribution in [0.25, 0.3) is 22.2 Å². The largest absolute Gasteiger partial charge is 0.488 e. The Labute approximate surface area is 148 Å². The van der Waals surface area contributed by atoms with Gasteiger partial charge in [-0.25, -0.2) is 9.18 Å². The van der Waals surface area contributed by atoms with Crippen LogP contribution in [0.1, 0.15) is 18.9 Å². The molecule has 0 aliphatic carbocycles. The third kappa shape index (κ3) is 3.17. The van der Waals surface area contributed by atoms with E-state index in [0.29, 0.717) is 24.2 Å². The molecule has 1 aromatic carbocycles. The Hall–Kier alpha value is -3.16. The van der Waals surface area contributed by atoms with E-state index in [4.69, 9.17) is 9.47 Å². The van der Waals surface area contributed by atoms with Crippen molar-refractivity contribution in [3.05, 3.63) is 42.0 Å². The van der Waals surface area contributed by atoms with Crippen molar-refractivity contribution in [1.82, 2.24) is 20.5 Å². The lowest BCUT2D eigenvalue weighted by Crippen LogP contribution is -2.28. The average molecular weight is 356 g/mol. The Morgan fingerprint density at radius 1 is 1.27 bits per heavy atom. The fraction of sp³-hybridized carbons (Fsp3) is 0.278. The van der Waals surface area contributed by atoms with Crippen LogP contribution in [0.2, 0.25) is 0 Å². The molecule has 0 saturated carbocycles. The Morgan fingerprint density at radius 3 is 3.04 bits per heavy atom. The van der Waals surface area contributed by atoms with Crippen LogP contribution in [0, 0.1) is 5.82 Å². The number of alkyl carbamates (subject to hydrolysis) is 1. The molecule has 1 aliphatic rings. The van der Waals surface area contributed by atoms with Crippen molar-refractivity contribution in [3.63, 3.8) is 0 Å². The van der Waals surface area contributed by atoms with Crippen LogP contribution in [0.15, 0.2) is 30.6 Å². The second-order valence-corrected chi connectivity index (χ2v) is 6.20. The zero-order valence-corrected chi connectivity index (χ0v) is 14.1. The van der Waals surface area contributed by atoms with Crippen LogP contribution in [-0.4, -0.2) is 33.9 Å². The first-order valence-electron chi connectivity index (χ1n) is 8.29. The first-order chi connectivity index (χ1) is 12.6. The molecule has 4 rings (SSSR count). The van der Waals surface area contributed by atoms with Crippen molar-refractivity contribution in [1.29, 1.82) is 0 Å². The number of benzene rings is 1. The van der Waals surface area contributed by atoms with Gasteiger partial charge in [-0.3, -0.25) is 10.1 Å². The van der Waals surface area contributed by atoms with Gasteiger partial charge >= 0.3 is 6.09 Å². The standard InChI is InChI=1S/C18H17FN4O3/c1-10-2-3-21-18(24)25-9-11-4-12(8-20-7-11)17-13-5-16(26-10)14(19)6-15(13)22-23-17/h4-8,10H,2-3,9H2,1H3,(H,21,24)(H,22,23)/t10-/m1/s1. The molecule has 3 aromatic rings. The minimum absolute atomic E-state index is 0.0982. The number of carbonyl (C=O) groups excluding carboxylic acids is 1. The van der Waals surface area contributed by atoms with Gasteiger partial charge in [0, 0.05) is 47.9 Å². The number of hydrogen-bond donors (Lipinski definition) is 2. The topological polar surface area (TPSA) is 89.1 Å². The van der Waals surface area contributed by atoms with Crippen molar-refractivity contribution in [2.45, 2.75) is 26.1 Å². The smallest absolute Gasteiger partial charge is 0.407 e. The molecule has 0 fully saturated rings. The first-order valence-corrected chi connectivity index (χ1v) is 8.29. The van der Waals surface area contributed by atoms with E-state index in [1.54, 1.807) is 18.5 Å². The Kier molecular flexibility index (Phi) is 4.16. The number of hydrogen-bond acceptors (Lipinski definition) is 5. The van der Waals surface area contributed by atoms with Crippen molar-refractivity contribution >= 4 is 17.0 Å². The molecular formula is C18H17FN4O3. The molecule has 1 atom stereocenters. The summed E-state index contributed by atoms with van der Waals surface area (Å²) in [5.41, 5.74) is 2.67. The lowest BCUT2D eigenvalue weighted by atomic mass is 10.1. The molecule has 4 bridgehead atoms. The minimum atomic E-state index is -0.522. The highest BCUT2D eigenvalue weighted by Gasteiger charge is 2.16. The average Bonchev–Trinajstić information content (AvgIpc) is 3.02. The van der Waals surface area contributed by atoms with Gasteiger partial charge in [-0.2, -0.15) is 5.10 Å². The summed E-state index contributed by atoms with van der Waals surface area (Å²) in [5.74, 6) is -0.322. The number of carbonyl (C=O) groups is 1. The normalized spacial score (nSPS) is 17.8. The van der Waals surface area contributed by atoms with Gasteiger partial charge in [0.25, 0.3) is 0 Å². The van der Waals surface area contributed by atoms with Gasteiger partial charge < -0.3 is 14.8 Å². The highest BCUT2D eigenvalue weighted by Crippen LogP contribution is 2.32. The maximum absolute atomic E-state index is 14.3. The number of fused-ring (bicyclic) bond motifs is 4. The SMILES string of the molecule is C[C@@H]1CCNC(=O)OCc2cncc(c2)-c2n[nH]c3cc(F)c(cc23)O1. The number of ether oxygens (including phenoxy) is 2. The summed E-state index contributed by atoms with van der Waals surface area (Å²) in [6.45, 7) is 2.28. The van der Waals surface area contributed by atoms with E-state index in [9.17, 15) is 9.18 Å². The number of nitrogens with one attached hydrogen (secondary N) is 2. The Morgan fingerprint density at radius 2 is 2.15 bits per heavy atom. The number of amides is 1. The van der Waals surface area contributed by atoms with Crippen LogP contribution < -0.4 is 10.1 Å². The molecule has 3 heterocycles. The van der Waals surface area contributed by atoms with Crippen LogP contribution in [0.4, 0.5) is 9.18 Å². The number of cyclic esters (lactones) is 1. The van der Waals surface area contributed by atoms with Crippen molar-refractivity contribution < 1.29 is 18.7 Å². The van der Waals surface area contributed by atoms with Crippen LogP contribution in [0.5, 0.6) is 5.75 Å². The summed E-state index contributed by atoms with van der Waals surface area (Å²) in [6.07, 6.45) is 2.99. The predicted molar refractivity (Wildman–Crippen MR) is 92.2 cm³/mol. The molecule has 0 radical (unpaired) electrons. The van der Waals surface area contributed by atoms with Gasteiger partial charge in [-0.1, -0.05) is 0 Å². The van der Waals surface area contributed by atoms with E-state index in [-0.39, 0.29) is 18.5 Å². The first kappa shape index (κ1) is 16.3. The van der Waals surface area contributed by atoms with Crippen LogP contribution in [0.3, 0.4) is 0 Å². The second kappa shape index (κ2) is 6.62. The molecule has 134 valence electrons. The van der Waals surface area contributed by atoms with Gasteiger partial charge in [0.05, 0.1) is 11.6 Å². The fourth-order valence-electron chi connectivity index (χ4n) is 2.88. The summed E-state index contributed by atoms with van der Waals surface area (Å²) in [6, 6.07) is 4.84. The number of pyridine rings is 1. The molecule has 8 heteroatoms. The van der Waals surface area contributed by atoms with Gasteiger partial charge in [-0.05, 0) is 19.1 Å². The second-order valence-electron chi connectivity index (χ2n) is 6.20. The Balaban J connectivity index is 1.82. The van der Waals surface area contributed by atoms with Gasteiger partial charge in [0.2, 0.25) is 0 Å². The fourth-order valence-corrected chi connectivity index (χ4v) is 2.88. The summed E-state index contributed by atoms with van der Waals surface area (Å²) in [7, 11) is 0. The number of nitrogens with zero attached hydrogens (tertiary/aromatic N) is 2. The van der Waals surface area contributed by atoms with Gasteiger partial charge in [-0.15, -0.1) is 0 Å². The third-order valence-corrected chi connectivity index (χ3v) is 4.20. The maximum Gasteiger partial charge on any atom is 0.407 e. The lowest BCUT2D eigenvalue weighted by molar-refractivity contribution is 0.137. The van der Waals surface area contributed by atoms with E-state index in [1.807, 2.05) is 13.0 Å². The Bertz CT molecular complexity index is 972. The number of aromatic nitrogens is 3. The van der Waals surface area contributed by atoms with Crippen LogP contribution >= 0.6 is 0 Å². The molecule has 1 aliphatic heterocycles. The van der Waals surface area contributed by atoms with Gasteiger partial charge in [0.15, 0.2) is 11.6 Å². The van der Waals surface area contributed by atoms with E-state index < -0.39 is 11.9 Å². The maximum atomic E-state index is 14.3. The number of halogens is 1. The molecule has 0 saturated heterocycles. The van der Waals surface area contributed by atoms with E-state index in [0.717, 1.165) is 16.5 Å². The summed E-state index contributed by atoms with van der Waals surface area (Å²) in [4.78, 5) is 16.0. The summed E-state index contributed by atoms with van der Waals surface area (Å²) in [5, 5.41) is 10.5. The highest BCUT2D eigenvalue weighted by molar-refractivity contribution is 5.93. The van der Waals surface area contributed by atoms with E-state index >= 15 is 0 Å². The summed E-state index contributed by atoms with van der Waals surface area (Å²) < 4.78 is 25.3. The molecule has 26 heavy (non-hydrogen) atoms. The molecular weight excluding hydrogens is 339 g/mol. The predicted octanol–water partition coefficient (Wildman–Crippen LogP) is 3.16. The number of aromatic amines is 1. The molecule has 0 unspecified atom stereocenters.